The molecule has 0 bridgehead atoms. The Hall–Kier alpha value is -2.16. The maximum Gasteiger partial charge on any atom is 0.147 e. The van der Waals surface area contributed by atoms with E-state index in [4.69, 9.17) is 5.11 Å². The van der Waals surface area contributed by atoms with E-state index in [-0.39, 0.29) is 0 Å². The van der Waals surface area contributed by atoms with E-state index in [1.165, 1.54) is 0 Å². The summed E-state index contributed by atoms with van der Waals surface area (Å²) in [4.78, 5) is 4.21. The maximum atomic E-state index is 13.4. The van der Waals surface area contributed by atoms with Crippen molar-refractivity contribution in [2.75, 3.05) is 0 Å². The molecule has 1 atom stereocenters. The Morgan fingerprint density at radius 2 is 1.88 bits per heavy atom. The average molecular weight is 229 g/mol. The van der Waals surface area contributed by atoms with Crippen molar-refractivity contribution < 1.29 is 9.50 Å². The van der Waals surface area contributed by atoms with E-state index in [2.05, 4.69) is 4.98 Å². The molecule has 3 heteroatoms. The van der Waals surface area contributed by atoms with E-state index in [1.54, 1.807) is 18.3 Å². The van der Waals surface area contributed by atoms with Gasteiger partial charge in [0.05, 0.1) is 12.0 Å². The fourth-order valence-corrected chi connectivity index (χ4v) is 1.56. The first-order valence-electron chi connectivity index (χ1n) is 5.27. The van der Waals surface area contributed by atoms with Gasteiger partial charge in [-0.05, 0) is 23.8 Å². The van der Waals surface area contributed by atoms with Gasteiger partial charge in [-0.15, -0.1) is 0 Å². The molecule has 0 amide bonds. The standard InChI is InChI=1S/C14H12FNO/c15-13(8-10-17)11-4-6-12(7-5-11)14-3-1-2-9-16-14/h1-10,13,17H/b10-8-. The molecular formula is C14H12FNO. The summed E-state index contributed by atoms with van der Waals surface area (Å²) >= 11 is 0. The number of hydrogen-bond acceptors (Lipinski definition) is 2. The summed E-state index contributed by atoms with van der Waals surface area (Å²) in [5.74, 6) is 0. The molecule has 1 aromatic carbocycles. The minimum absolute atomic E-state index is 0.509. The van der Waals surface area contributed by atoms with Crippen LogP contribution in [0.3, 0.4) is 0 Å². The van der Waals surface area contributed by atoms with Crippen molar-refractivity contribution in [3.63, 3.8) is 0 Å². The third kappa shape index (κ3) is 2.69. The number of allylic oxidation sites excluding steroid dienone is 1. The molecule has 1 unspecified atom stereocenters. The Morgan fingerprint density at radius 3 is 2.47 bits per heavy atom. The van der Waals surface area contributed by atoms with Crippen LogP contribution < -0.4 is 0 Å². The average Bonchev–Trinajstić information content (AvgIpc) is 2.40. The molecule has 0 aliphatic carbocycles. The van der Waals surface area contributed by atoms with Gasteiger partial charge in [0.2, 0.25) is 0 Å². The minimum atomic E-state index is -1.28. The highest BCUT2D eigenvalue weighted by molar-refractivity contribution is 5.59. The van der Waals surface area contributed by atoms with Gasteiger partial charge in [0.25, 0.3) is 0 Å². The highest BCUT2D eigenvalue weighted by atomic mass is 19.1. The Kier molecular flexibility index (Phi) is 3.50. The van der Waals surface area contributed by atoms with Gasteiger partial charge in [0.1, 0.15) is 6.17 Å². The highest BCUT2D eigenvalue weighted by Crippen LogP contribution is 2.22. The molecule has 0 aliphatic rings. The summed E-state index contributed by atoms with van der Waals surface area (Å²) in [6, 6.07) is 12.7. The number of hydrogen-bond donors (Lipinski definition) is 1. The molecule has 0 saturated carbocycles. The first-order chi connectivity index (χ1) is 8.31. The highest BCUT2D eigenvalue weighted by Gasteiger charge is 2.06. The van der Waals surface area contributed by atoms with Crippen molar-refractivity contribution in [1.29, 1.82) is 0 Å². The Morgan fingerprint density at radius 1 is 1.12 bits per heavy atom. The first-order valence-corrected chi connectivity index (χ1v) is 5.27. The summed E-state index contributed by atoms with van der Waals surface area (Å²) in [6.45, 7) is 0. The topological polar surface area (TPSA) is 33.1 Å². The summed E-state index contributed by atoms with van der Waals surface area (Å²) in [6.07, 6.45) is 2.25. The van der Waals surface area contributed by atoms with Crippen LogP contribution in [0, 0.1) is 0 Å². The van der Waals surface area contributed by atoms with E-state index in [1.807, 2.05) is 30.3 Å². The smallest absolute Gasteiger partial charge is 0.147 e. The lowest BCUT2D eigenvalue weighted by atomic mass is 10.1. The lowest BCUT2D eigenvalue weighted by molar-refractivity contribution is 0.396. The number of aliphatic hydroxyl groups is 1. The molecule has 2 nitrogen and oxygen atoms in total. The molecule has 0 radical (unpaired) electrons. The molecule has 0 spiro atoms. The Bertz CT molecular complexity index is 493. The van der Waals surface area contributed by atoms with Gasteiger partial charge in [0.15, 0.2) is 0 Å². The molecule has 0 aliphatic heterocycles. The maximum absolute atomic E-state index is 13.4. The predicted octanol–water partition coefficient (Wildman–Crippen LogP) is 3.83. The molecule has 2 aromatic rings. The van der Waals surface area contributed by atoms with E-state index >= 15 is 0 Å². The SMILES string of the molecule is O/C=C\C(F)c1ccc(-c2ccccn2)cc1. The van der Waals surface area contributed by atoms with Crippen LogP contribution in [0.4, 0.5) is 4.39 Å². The third-order valence-electron chi connectivity index (χ3n) is 2.44. The molecule has 0 saturated heterocycles. The fourth-order valence-electron chi connectivity index (χ4n) is 1.56. The second kappa shape index (κ2) is 5.25. The van der Waals surface area contributed by atoms with Crippen molar-refractivity contribution in [2.45, 2.75) is 6.17 Å². The van der Waals surface area contributed by atoms with Crippen molar-refractivity contribution in [1.82, 2.24) is 4.98 Å². The zero-order valence-electron chi connectivity index (χ0n) is 9.12. The number of rotatable bonds is 3. The summed E-state index contributed by atoms with van der Waals surface area (Å²) in [7, 11) is 0. The van der Waals surface area contributed by atoms with Crippen LogP contribution in [0.25, 0.3) is 11.3 Å². The molecule has 0 fully saturated rings. The van der Waals surface area contributed by atoms with Gasteiger partial charge in [-0.2, -0.15) is 0 Å². The van der Waals surface area contributed by atoms with Crippen molar-refractivity contribution >= 4 is 0 Å². The zero-order chi connectivity index (χ0) is 12.1. The molecule has 17 heavy (non-hydrogen) atoms. The summed E-state index contributed by atoms with van der Waals surface area (Å²) in [5, 5.41) is 8.50. The Balaban J connectivity index is 2.25. The van der Waals surface area contributed by atoms with E-state index in [9.17, 15) is 4.39 Å². The second-order valence-electron chi connectivity index (χ2n) is 3.58. The molecule has 2 rings (SSSR count). The number of alkyl halides is 1. The lowest BCUT2D eigenvalue weighted by Gasteiger charge is -2.05. The largest absolute Gasteiger partial charge is 0.516 e. The van der Waals surface area contributed by atoms with Gasteiger partial charge in [-0.3, -0.25) is 4.98 Å². The molecule has 86 valence electrons. The summed E-state index contributed by atoms with van der Waals surface area (Å²) in [5.41, 5.74) is 2.30. The van der Waals surface area contributed by atoms with Gasteiger partial charge in [-0.25, -0.2) is 4.39 Å². The second-order valence-corrected chi connectivity index (χ2v) is 3.58. The number of nitrogens with zero attached hydrogens (tertiary/aromatic N) is 1. The number of pyridine rings is 1. The molecule has 1 aromatic heterocycles. The van der Waals surface area contributed by atoms with Crippen LogP contribution in [0.1, 0.15) is 11.7 Å². The van der Waals surface area contributed by atoms with E-state index in [0.717, 1.165) is 23.6 Å². The molecular weight excluding hydrogens is 217 g/mol. The van der Waals surface area contributed by atoms with E-state index < -0.39 is 6.17 Å². The van der Waals surface area contributed by atoms with Crippen LogP contribution in [0.5, 0.6) is 0 Å². The summed E-state index contributed by atoms with van der Waals surface area (Å²) < 4.78 is 13.4. The van der Waals surface area contributed by atoms with Crippen molar-refractivity contribution in [3.05, 3.63) is 66.6 Å². The van der Waals surface area contributed by atoms with Crippen LogP contribution in [-0.4, -0.2) is 10.1 Å². The normalized spacial score (nSPS) is 12.8. The van der Waals surface area contributed by atoms with Crippen molar-refractivity contribution in [3.8, 4) is 11.3 Å². The first kappa shape index (κ1) is 11.3. The minimum Gasteiger partial charge on any atom is -0.516 e. The van der Waals surface area contributed by atoms with Gasteiger partial charge in [-0.1, -0.05) is 30.3 Å². The molecule has 1 heterocycles. The fraction of sp³-hybridized carbons (Fsp3) is 0.0714. The van der Waals surface area contributed by atoms with Crippen LogP contribution >= 0.6 is 0 Å². The molecule has 1 N–H and O–H groups in total. The number of aromatic nitrogens is 1. The number of halogens is 1. The monoisotopic (exact) mass is 229 g/mol. The lowest BCUT2D eigenvalue weighted by Crippen LogP contribution is -1.88. The van der Waals surface area contributed by atoms with Gasteiger partial charge in [0, 0.05) is 11.8 Å². The zero-order valence-corrected chi connectivity index (χ0v) is 9.12. The van der Waals surface area contributed by atoms with Crippen LogP contribution in [-0.2, 0) is 0 Å². The van der Waals surface area contributed by atoms with Crippen LogP contribution in [0.15, 0.2) is 61.0 Å². The van der Waals surface area contributed by atoms with Gasteiger partial charge < -0.3 is 5.11 Å². The Labute approximate surface area is 99.1 Å². The van der Waals surface area contributed by atoms with Crippen LogP contribution in [0.2, 0.25) is 0 Å². The van der Waals surface area contributed by atoms with Crippen molar-refractivity contribution in [2.24, 2.45) is 0 Å². The van der Waals surface area contributed by atoms with E-state index in [0.29, 0.717) is 5.56 Å². The van der Waals surface area contributed by atoms with Gasteiger partial charge >= 0.3 is 0 Å². The third-order valence-corrected chi connectivity index (χ3v) is 2.44. The number of aliphatic hydroxyl groups excluding tert-OH is 1. The predicted molar refractivity (Wildman–Crippen MR) is 65.3 cm³/mol. The quantitative estimate of drug-likeness (QED) is 0.811. The number of benzene rings is 1.